The van der Waals surface area contributed by atoms with E-state index in [1.807, 2.05) is 57.2 Å². The monoisotopic (exact) mass is 433 g/mol. The molecule has 0 aliphatic heterocycles. The van der Waals surface area contributed by atoms with Gasteiger partial charge in [0.25, 0.3) is 0 Å². The van der Waals surface area contributed by atoms with Crippen LogP contribution in [0.25, 0.3) is 21.7 Å². The van der Waals surface area contributed by atoms with E-state index in [0.29, 0.717) is 5.56 Å². The quantitative estimate of drug-likeness (QED) is 0.277. The van der Waals surface area contributed by atoms with E-state index >= 15 is 0 Å². The van der Waals surface area contributed by atoms with E-state index in [1.165, 1.54) is 11.1 Å². The summed E-state index contributed by atoms with van der Waals surface area (Å²) in [6.07, 6.45) is 2.13. The van der Waals surface area contributed by atoms with Crippen molar-refractivity contribution in [2.45, 2.75) is 32.4 Å². The average molecular weight is 434 g/mol. The van der Waals surface area contributed by atoms with Crippen molar-refractivity contribution >= 4 is 27.6 Å². The van der Waals surface area contributed by atoms with E-state index in [9.17, 15) is 4.79 Å². The predicted octanol–water partition coefficient (Wildman–Crippen LogP) is 7.39. The first-order valence-corrected chi connectivity index (χ1v) is 11.3. The Morgan fingerprint density at radius 1 is 0.727 bits per heavy atom. The largest absolute Gasteiger partial charge is 0.456 e. The molecule has 0 spiro atoms. The smallest absolute Gasteiger partial charge is 0.339 e. The number of rotatable bonds is 4. The van der Waals surface area contributed by atoms with Gasteiger partial charge in [0.1, 0.15) is 5.60 Å². The van der Waals surface area contributed by atoms with E-state index < -0.39 is 5.60 Å². The van der Waals surface area contributed by atoms with E-state index in [4.69, 9.17) is 4.74 Å². The molecular weight excluding hydrogens is 406 g/mol. The Balaban J connectivity index is 1.78. The molecule has 0 saturated heterocycles. The van der Waals surface area contributed by atoms with Crippen molar-refractivity contribution in [3.8, 4) is 0 Å². The summed E-state index contributed by atoms with van der Waals surface area (Å²) in [7, 11) is 0. The summed E-state index contributed by atoms with van der Waals surface area (Å²) in [5, 5.41) is 3.08. The van der Waals surface area contributed by atoms with Crippen LogP contribution >= 0.6 is 0 Å². The fourth-order valence-corrected chi connectivity index (χ4v) is 4.52. The first kappa shape index (κ1) is 21.0. The molecule has 5 rings (SSSR count). The summed E-state index contributed by atoms with van der Waals surface area (Å²) in [4.78, 5) is 13.2. The lowest BCUT2D eigenvalue weighted by atomic mass is 9.97. The lowest BCUT2D eigenvalue weighted by Gasteiger charge is -2.23. The number of carbonyl (C=O) groups excluding carboxylic acids is 1. The maximum absolute atomic E-state index is 13.2. The molecule has 0 amide bonds. The Morgan fingerprint density at radius 2 is 1.27 bits per heavy atom. The Bertz CT molecular complexity index is 1390. The summed E-state index contributed by atoms with van der Waals surface area (Å²) in [6.45, 7) is 5.69. The molecule has 0 N–H and O–H groups in total. The summed E-state index contributed by atoms with van der Waals surface area (Å²) in [5.41, 5.74) is 3.41. The molecule has 33 heavy (non-hydrogen) atoms. The molecule has 0 bridgehead atoms. The van der Waals surface area contributed by atoms with Crippen molar-refractivity contribution in [2.75, 3.05) is 0 Å². The topological polar surface area (TPSA) is 31.2 Å². The highest BCUT2D eigenvalue weighted by molar-refractivity contribution is 6.15. The Labute approximate surface area is 194 Å². The Hall–Kier alpha value is -3.85. The highest BCUT2D eigenvalue weighted by atomic mass is 16.6. The zero-order chi connectivity index (χ0) is 23.0. The van der Waals surface area contributed by atoms with E-state index in [-0.39, 0.29) is 12.0 Å². The number of carbonyl (C=O) groups is 1. The molecule has 1 aromatic heterocycles. The van der Waals surface area contributed by atoms with Crippen LogP contribution < -0.4 is 0 Å². The molecule has 5 aromatic rings. The van der Waals surface area contributed by atoms with Crippen LogP contribution in [0.4, 0.5) is 0 Å². The number of fused-ring (bicyclic) bond motifs is 3. The third kappa shape index (κ3) is 4.03. The molecule has 0 aliphatic rings. The molecule has 0 radical (unpaired) electrons. The van der Waals surface area contributed by atoms with Crippen LogP contribution in [0.3, 0.4) is 0 Å². The molecule has 1 heterocycles. The Morgan fingerprint density at radius 3 is 1.85 bits per heavy atom. The van der Waals surface area contributed by atoms with Crippen molar-refractivity contribution in [1.82, 2.24) is 4.57 Å². The molecule has 4 aromatic carbocycles. The number of aromatic nitrogens is 1. The summed E-state index contributed by atoms with van der Waals surface area (Å²) >= 11 is 0. The zero-order valence-corrected chi connectivity index (χ0v) is 19.2. The van der Waals surface area contributed by atoms with Gasteiger partial charge in [0.05, 0.1) is 17.1 Å². The van der Waals surface area contributed by atoms with E-state index in [1.54, 1.807) is 0 Å². The number of hydrogen-bond donors (Lipinski definition) is 0. The highest BCUT2D eigenvalue weighted by Crippen LogP contribution is 2.36. The standard InChI is InChI=1S/C30H27NO2/c1-30(2,3)33-29(32)26-20-27-25(23-16-10-11-17-24(23)26)18-19-31(27)28(21-12-6-4-7-13-21)22-14-8-5-9-15-22/h4-20,28H,1-3H3. The molecule has 0 atom stereocenters. The van der Waals surface area contributed by atoms with Gasteiger partial charge in [0, 0.05) is 11.6 Å². The zero-order valence-electron chi connectivity index (χ0n) is 19.2. The number of ether oxygens (including phenoxy) is 1. The van der Waals surface area contributed by atoms with Crippen LogP contribution in [-0.2, 0) is 4.74 Å². The van der Waals surface area contributed by atoms with Crippen LogP contribution in [0, 0.1) is 0 Å². The third-order valence-corrected chi connectivity index (χ3v) is 5.87. The predicted molar refractivity (Wildman–Crippen MR) is 135 cm³/mol. The van der Waals surface area contributed by atoms with Crippen molar-refractivity contribution in [1.29, 1.82) is 0 Å². The lowest BCUT2D eigenvalue weighted by molar-refractivity contribution is 0.00719. The minimum Gasteiger partial charge on any atom is -0.456 e. The average Bonchev–Trinajstić information content (AvgIpc) is 3.23. The van der Waals surface area contributed by atoms with E-state index in [0.717, 1.165) is 21.7 Å². The second kappa shape index (κ2) is 8.25. The minimum absolute atomic E-state index is 0.0162. The van der Waals surface area contributed by atoms with Crippen molar-refractivity contribution in [2.24, 2.45) is 0 Å². The van der Waals surface area contributed by atoms with Crippen molar-refractivity contribution in [3.05, 3.63) is 120 Å². The third-order valence-electron chi connectivity index (χ3n) is 5.87. The fraction of sp³-hybridized carbons (Fsp3) is 0.167. The maximum atomic E-state index is 13.2. The molecule has 0 aliphatic carbocycles. The van der Waals surface area contributed by atoms with Gasteiger partial charge in [-0.3, -0.25) is 0 Å². The highest BCUT2D eigenvalue weighted by Gasteiger charge is 2.24. The maximum Gasteiger partial charge on any atom is 0.339 e. The van der Waals surface area contributed by atoms with Gasteiger partial charge in [-0.1, -0.05) is 84.9 Å². The van der Waals surface area contributed by atoms with Gasteiger partial charge in [-0.15, -0.1) is 0 Å². The van der Waals surface area contributed by atoms with Crippen LogP contribution in [-0.4, -0.2) is 16.1 Å². The van der Waals surface area contributed by atoms with Gasteiger partial charge in [0.15, 0.2) is 0 Å². The first-order valence-electron chi connectivity index (χ1n) is 11.3. The Kier molecular flexibility index (Phi) is 5.26. The van der Waals surface area contributed by atoms with Crippen molar-refractivity contribution in [3.63, 3.8) is 0 Å². The van der Waals surface area contributed by atoms with Crippen molar-refractivity contribution < 1.29 is 9.53 Å². The molecule has 3 nitrogen and oxygen atoms in total. The van der Waals surface area contributed by atoms with Crippen LogP contribution in [0.1, 0.15) is 48.3 Å². The molecule has 3 heteroatoms. The van der Waals surface area contributed by atoms with Gasteiger partial charge < -0.3 is 9.30 Å². The number of esters is 1. The fourth-order valence-electron chi connectivity index (χ4n) is 4.52. The molecular formula is C30H27NO2. The second-order valence-electron chi connectivity index (χ2n) is 9.35. The van der Waals surface area contributed by atoms with Crippen LogP contribution in [0.5, 0.6) is 0 Å². The van der Waals surface area contributed by atoms with Gasteiger partial charge in [-0.25, -0.2) is 4.79 Å². The molecule has 0 fully saturated rings. The number of benzene rings is 4. The second-order valence-corrected chi connectivity index (χ2v) is 9.35. The SMILES string of the molecule is CC(C)(C)OC(=O)c1cc2c(ccn2C(c2ccccc2)c2ccccc2)c2ccccc12. The summed E-state index contributed by atoms with van der Waals surface area (Å²) in [6, 6.07) is 33.1. The first-order chi connectivity index (χ1) is 15.9. The lowest BCUT2D eigenvalue weighted by Crippen LogP contribution is -2.24. The van der Waals surface area contributed by atoms with Gasteiger partial charge in [-0.2, -0.15) is 0 Å². The van der Waals surface area contributed by atoms with Crippen LogP contribution in [0.15, 0.2) is 103 Å². The summed E-state index contributed by atoms with van der Waals surface area (Å²) in [5.74, 6) is -0.302. The van der Waals surface area contributed by atoms with Gasteiger partial charge >= 0.3 is 5.97 Å². The minimum atomic E-state index is -0.564. The van der Waals surface area contributed by atoms with Gasteiger partial charge in [0.2, 0.25) is 0 Å². The molecule has 0 saturated carbocycles. The summed E-state index contributed by atoms with van der Waals surface area (Å²) < 4.78 is 8.04. The number of hydrogen-bond acceptors (Lipinski definition) is 2. The number of nitrogens with zero attached hydrogens (tertiary/aromatic N) is 1. The van der Waals surface area contributed by atoms with Gasteiger partial charge in [-0.05, 0) is 54.8 Å². The van der Waals surface area contributed by atoms with Crippen LogP contribution in [0.2, 0.25) is 0 Å². The van der Waals surface area contributed by atoms with E-state index in [2.05, 4.69) is 71.4 Å². The molecule has 0 unspecified atom stereocenters. The molecule has 164 valence electrons. The normalized spacial score (nSPS) is 11.9.